The van der Waals surface area contributed by atoms with Crippen molar-refractivity contribution in [3.05, 3.63) is 64.4 Å². The Morgan fingerprint density at radius 3 is 2.57 bits per heavy atom. The van der Waals surface area contributed by atoms with Crippen LogP contribution in [0.4, 0.5) is 4.39 Å². The van der Waals surface area contributed by atoms with Crippen LogP contribution in [0.15, 0.2) is 47.5 Å². The lowest BCUT2D eigenvalue weighted by Crippen LogP contribution is -2.11. The maximum Gasteiger partial charge on any atom is 0.217 e. The number of rotatable bonds is 6. The molecule has 4 nitrogen and oxygen atoms in total. The zero-order valence-electron chi connectivity index (χ0n) is 12.3. The average Bonchev–Trinajstić information content (AvgIpc) is 2.51. The number of halogens is 2. The summed E-state index contributed by atoms with van der Waals surface area (Å²) >= 11 is 5.88. The third kappa shape index (κ3) is 4.79. The number of carbonyl (C=O) groups excluding carboxylic acids is 1. The largest absolute Gasteiger partial charge is 0.507 e. The molecule has 0 radical (unpaired) electrons. The third-order valence-corrected chi connectivity index (χ3v) is 3.43. The Morgan fingerprint density at radius 1 is 1.22 bits per heavy atom. The predicted molar refractivity (Wildman–Crippen MR) is 88.5 cm³/mol. The topological polar surface area (TPSA) is 75.7 Å². The molecular weight excluding hydrogens is 319 g/mol. The van der Waals surface area contributed by atoms with Crippen molar-refractivity contribution in [2.75, 3.05) is 6.54 Å². The first-order valence-corrected chi connectivity index (χ1v) is 7.43. The number of phenols is 1. The summed E-state index contributed by atoms with van der Waals surface area (Å²) < 4.78 is 13.5. The second-order valence-electron chi connectivity index (χ2n) is 4.97. The Morgan fingerprint density at radius 2 is 1.91 bits per heavy atom. The van der Waals surface area contributed by atoms with Crippen LogP contribution >= 0.6 is 11.6 Å². The number of hydrogen-bond acceptors (Lipinski definition) is 3. The number of primary amides is 1. The summed E-state index contributed by atoms with van der Waals surface area (Å²) in [7, 11) is 0. The molecule has 0 aliphatic carbocycles. The molecule has 2 aromatic rings. The Balaban J connectivity index is 2.38. The molecule has 23 heavy (non-hydrogen) atoms. The van der Waals surface area contributed by atoms with Crippen molar-refractivity contribution in [2.24, 2.45) is 10.7 Å². The highest BCUT2D eigenvalue weighted by molar-refractivity contribution is 6.30. The number of nitrogens with two attached hydrogens (primary N) is 1. The van der Waals surface area contributed by atoms with Gasteiger partial charge in [-0.2, -0.15) is 0 Å². The molecule has 2 rings (SSSR count). The summed E-state index contributed by atoms with van der Waals surface area (Å²) in [4.78, 5) is 15.2. The van der Waals surface area contributed by atoms with E-state index in [0.717, 1.165) is 0 Å². The van der Waals surface area contributed by atoms with Gasteiger partial charge in [0.1, 0.15) is 11.6 Å². The van der Waals surface area contributed by atoms with E-state index < -0.39 is 11.7 Å². The van der Waals surface area contributed by atoms with Crippen LogP contribution in [0.1, 0.15) is 24.0 Å². The van der Waals surface area contributed by atoms with Gasteiger partial charge in [-0.1, -0.05) is 23.7 Å². The van der Waals surface area contributed by atoms with Gasteiger partial charge < -0.3 is 10.8 Å². The fraction of sp³-hybridized carbons (Fsp3) is 0.176. The van der Waals surface area contributed by atoms with Gasteiger partial charge in [0.2, 0.25) is 5.91 Å². The van der Waals surface area contributed by atoms with Crippen LogP contribution in [-0.4, -0.2) is 23.3 Å². The molecule has 3 N–H and O–H groups in total. The van der Waals surface area contributed by atoms with E-state index in [4.69, 9.17) is 17.3 Å². The first-order valence-electron chi connectivity index (χ1n) is 7.05. The smallest absolute Gasteiger partial charge is 0.217 e. The van der Waals surface area contributed by atoms with E-state index in [1.807, 2.05) is 0 Å². The third-order valence-electron chi connectivity index (χ3n) is 3.18. The van der Waals surface area contributed by atoms with E-state index >= 15 is 0 Å². The van der Waals surface area contributed by atoms with Crippen molar-refractivity contribution >= 4 is 23.2 Å². The van der Waals surface area contributed by atoms with E-state index in [1.165, 1.54) is 18.2 Å². The lowest BCUT2D eigenvalue weighted by atomic mass is 10.0. The van der Waals surface area contributed by atoms with E-state index in [9.17, 15) is 14.3 Å². The lowest BCUT2D eigenvalue weighted by molar-refractivity contribution is -0.118. The number of amides is 1. The van der Waals surface area contributed by atoms with Crippen LogP contribution in [0.25, 0.3) is 0 Å². The first kappa shape index (κ1) is 17.0. The van der Waals surface area contributed by atoms with Crippen LogP contribution in [0, 0.1) is 5.82 Å². The number of carbonyl (C=O) groups is 1. The predicted octanol–water partition coefficient (Wildman–Crippen LogP) is 3.29. The number of phenolic OH excluding ortho intramolecular Hbond substituents is 1. The molecule has 0 spiro atoms. The number of nitrogens with zero attached hydrogens (tertiary/aromatic N) is 1. The highest BCUT2D eigenvalue weighted by Gasteiger charge is 2.13. The summed E-state index contributed by atoms with van der Waals surface area (Å²) in [6.07, 6.45) is 0.690. The van der Waals surface area contributed by atoms with E-state index in [0.29, 0.717) is 29.3 Å². The Bertz CT molecular complexity index is 730. The molecule has 0 saturated heterocycles. The van der Waals surface area contributed by atoms with Gasteiger partial charge in [-0.3, -0.25) is 9.79 Å². The van der Waals surface area contributed by atoms with Gasteiger partial charge in [0.15, 0.2) is 0 Å². The molecule has 0 aliphatic rings. The zero-order valence-corrected chi connectivity index (χ0v) is 13.1. The zero-order chi connectivity index (χ0) is 16.8. The minimum atomic E-state index is -0.475. The summed E-state index contributed by atoms with van der Waals surface area (Å²) in [6.45, 7) is 0.330. The summed E-state index contributed by atoms with van der Waals surface area (Å²) in [5, 5.41) is 10.6. The molecule has 0 heterocycles. The first-order chi connectivity index (χ1) is 11.0. The monoisotopic (exact) mass is 334 g/mol. The molecule has 0 aromatic heterocycles. The number of hydrogen-bond donors (Lipinski definition) is 2. The molecule has 0 aliphatic heterocycles. The molecule has 0 saturated carbocycles. The maximum absolute atomic E-state index is 13.5. The van der Waals surface area contributed by atoms with Crippen molar-refractivity contribution in [2.45, 2.75) is 12.8 Å². The SMILES string of the molecule is NC(=O)CCC/N=C(\c1ccc(Cl)cc1)c1cc(F)ccc1O. The summed E-state index contributed by atoms with van der Waals surface area (Å²) in [5.41, 5.74) is 6.51. The number of aliphatic imine (C=N–C) groups is 1. The highest BCUT2D eigenvalue weighted by atomic mass is 35.5. The van der Waals surface area contributed by atoms with Gasteiger partial charge in [0, 0.05) is 29.1 Å². The molecule has 0 fully saturated rings. The van der Waals surface area contributed by atoms with Crippen LogP contribution in [0.5, 0.6) is 5.75 Å². The molecule has 1 amide bonds. The number of benzene rings is 2. The van der Waals surface area contributed by atoms with Gasteiger partial charge >= 0.3 is 0 Å². The molecule has 0 unspecified atom stereocenters. The molecular formula is C17H16ClFN2O2. The van der Waals surface area contributed by atoms with Crippen LogP contribution in [0.3, 0.4) is 0 Å². The lowest BCUT2D eigenvalue weighted by Gasteiger charge is -2.10. The van der Waals surface area contributed by atoms with Crippen molar-refractivity contribution in [1.29, 1.82) is 0 Å². The second kappa shape index (κ2) is 7.74. The summed E-state index contributed by atoms with van der Waals surface area (Å²) in [5.74, 6) is -0.951. The molecule has 2 aromatic carbocycles. The van der Waals surface area contributed by atoms with Crippen molar-refractivity contribution in [3.63, 3.8) is 0 Å². The highest BCUT2D eigenvalue weighted by Crippen LogP contribution is 2.23. The minimum Gasteiger partial charge on any atom is -0.507 e. The molecule has 6 heteroatoms. The van der Waals surface area contributed by atoms with Crippen LogP contribution < -0.4 is 5.73 Å². The normalized spacial score (nSPS) is 11.5. The quantitative estimate of drug-likeness (QED) is 0.628. The number of aromatic hydroxyl groups is 1. The fourth-order valence-electron chi connectivity index (χ4n) is 2.08. The Kier molecular flexibility index (Phi) is 5.71. The van der Waals surface area contributed by atoms with Crippen molar-refractivity contribution < 1.29 is 14.3 Å². The average molecular weight is 335 g/mol. The Labute approximate surface area is 138 Å². The Hall–Kier alpha value is -2.40. The maximum atomic E-state index is 13.5. The fourth-order valence-corrected chi connectivity index (χ4v) is 2.21. The molecule has 0 atom stereocenters. The van der Waals surface area contributed by atoms with Crippen LogP contribution in [0.2, 0.25) is 5.02 Å². The van der Waals surface area contributed by atoms with Gasteiger partial charge in [0.05, 0.1) is 5.71 Å². The van der Waals surface area contributed by atoms with E-state index in [2.05, 4.69) is 4.99 Å². The second-order valence-corrected chi connectivity index (χ2v) is 5.40. The van der Waals surface area contributed by atoms with E-state index in [1.54, 1.807) is 24.3 Å². The van der Waals surface area contributed by atoms with Gasteiger partial charge in [-0.05, 0) is 36.8 Å². The van der Waals surface area contributed by atoms with Gasteiger partial charge in [-0.15, -0.1) is 0 Å². The van der Waals surface area contributed by atoms with Gasteiger partial charge in [0.25, 0.3) is 0 Å². The standard InChI is InChI=1S/C17H16ClFN2O2/c18-12-5-3-11(4-6-12)17(21-9-1-2-16(20)23)14-10-13(19)7-8-15(14)22/h3-8,10,22H,1-2,9H2,(H2,20,23)/b21-17+. The van der Waals surface area contributed by atoms with Gasteiger partial charge in [-0.25, -0.2) is 4.39 Å². The van der Waals surface area contributed by atoms with Crippen molar-refractivity contribution in [1.82, 2.24) is 0 Å². The minimum absolute atomic E-state index is 0.0741. The molecule has 0 bridgehead atoms. The van der Waals surface area contributed by atoms with Crippen LogP contribution in [-0.2, 0) is 4.79 Å². The van der Waals surface area contributed by atoms with Crippen molar-refractivity contribution in [3.8, 4) is 5.75 Å². The van der Waals surface area contributed by atoms with E-state index in [-0.39, 0.29) is 17.7 Å². The molecule has 120 valence electrons. The summed E-state index contributed by atoms with van der Waals surface area (Å²) in [6, 6.07) is 10.5.